The molecule has 4 heteroatoms. The van der Waals surface area contributed by atoms with E-state index in [1.807, 2.05) is 0 Å². The third kappa shape index (κ3) is 3.41. The average molecular weight is 361 g/mol. The van der Waals surface area contributed by atoms with Crippen molar-refractivity contribution in [3.8, 4) is 0 Å². The normalized spacial score (nSPS) is 40.1. The van der Waals surface area contributed by atoms with E-state index < -0.39 is 0 Å². The molecule has 0 aromatic heterocycles. The zero-order valence-corrected chi connectivity index (χ0v) is 17.0. The lowest BCUT2D eigenvalue weighted by molar-refractivity contribution is 0.215. The molecule has 2 heterocycles. The first-order chi connectivity index (χ1) is 12.5. The maximum absolute atomic E-state index is 6.10. The zero-order chi connectivity index (χ0) is 18.3. The molecular weight excluding hydrogens is 324 g/mol. The molecule has 0 aromatic carbocycles. The summed E-state index contributed by atoms with van der Waals surface area (Å²) in [5.41, 5.74) is 0. The van der Waals surface area contributed by atoms with Gasteiger partial charge in [0.2, 0.25) is 0 Å². The topological polar surface area (TPSA) is 43.2 Å². The van der Waals surface area contributed by atoms with Crippen LogP contribution in [0.1, 0.15) is 66.2 Å². The molecule has 4 nitrogen and oxygen atoms in total. The Morgan fingerprint density at radius 2 is 1.12 bits per heavy atom. The third-order valence-corrected chi connectivity index (χ3v) is 7.25. The van der Waals surface area contributed by atoms with Gasteiger partial charge in [-0.05, 0) is 49.4 Å². The molecule has 0 bridgehead atoms. The maximum atomic E-state index is 6.10. The number of aliphatic imine (C=N–C) groups is 2. The summed E-state index contributed by atoms with van der Waals surface area (Å²) >= 11 is 0. The zero-order valence-electron chi connectivity index (χ0n) is 17.0. The highest BCUT2D eigenvalue weighted by Gasteiger charge is 2.46. The summed E-state index contributed by atoms with van der Waals surface area (Å²) in [6.07, 6.45) is 7.77. The van der Waals surface area contributed by atoms with Crippen LogP contribution >= 0.6 is 0 Å². The highest BCUT2D eigenvalue weighted by atomic mass is 16.5. The predicted molar refractivity (Wildman–Crippen MR) is 106 cm³/mol. The Morgan fingerprint density at radius 3 is 1.46 bits per heavy atom. The second-order valence-corrected chi connectivity index (χ2v) is 9.58. The van der Waals surface area contributed by atoms with Gasteiger partial charge >= 0.3 is 0 Å². The molecule has 0 radical (unpaired) electrons. The Kier molecular flexibility index (Phi) is 5.29. The van der Waals surface area contributed by atoms with Crippen LogP contribution in [0.3, 0.4) is 0 Å². The number of nitrogens with zero attached hydrogens (tertiary/aromatic N) is 2. The third-order valence-electron chi connectivity index (χ3n) is 7.25. The highest BCUT2D eigenvalue weighted by molar-refractivity contribution is 5.82. The van der Waals surface area contributed by atoms with Gasteiger partial charge < -0.3 is 9.47 Å². The molecule has 4 aliphatic rings. The van der Waals surface area contributed by atoms with Crippen molar-refractivity contribution in [3.63, 3.8) is 0 Å². The molecule has 0 spiro atoms. The van der Waals surface area contributed by atoms with Crippen LogP contribution in [-0.2, 0) is 9.47 Å². The number of rotatable bonds is 5. The fourth-order valence-corrected chi connectivity index (χ4v) is 5.52. The van der Waals surface area contributed by atoms with E-state index in [0.29, 0.717) is 47.6 Å². The molecule has 2 aliphatic carbocycles. The van der Waals surface area contributed by atoms with Crippen LogP contribution in [0.15, 0.2) is 9.98 Å². The maximum Gasteiger partial charge on any atom is 0.187 e. The van der Waals surface area contributed by atoms with Gasteiger partial charge in [0.1, 0.15) is 13.2 Å². The first-order valence-corrected chi connectivity index (χ1v) is 11.0. The summed E-state index contributed by atoms with van der Waals surface area (Å²) in [5.74, 6) is 5.77. The van der Waals surface area contributed by atoms with Gasteiger partial charge in [0, 0.05) is 11.8 Å². The molecule has 0 N–H and O–H groups in total. The number of hydrogen-bond donors (Lipinski definition) is 0. The van der Waals surface area contributed by atoms with Gasteiger partial charge in [-0.25, -0.2) is 9.98 Å². The minimum atomic E-state index is 0.361. The average Bonchev–Trinajstić information content (AvgIpc) is 3.39. The predicted octanol–water partition coefficient (Wildman–Crippen LogP) is 4.73. The molecule has 6 atom stereocenters. The minimum absolute atomic E-state index is 0.361. The SMILES string of the molecule is CC(C)[C@H]1COC(C2CCCC2C2CCCC2C2=N[C@@H](C(C)C)CO2)=N1. The number of hydrogen-bond acceptors (Lipinski definition) is 4. The second-order valence-electron chi connectivity index (χ2n) is 9.58. The van der Waals surface area contributed by atoms with Crippen molar-refractivity contribution in [1.82, 2.24) is 0 Å². The van der Waals surface area contributed by atoms with E-state index in [2.05, 4.69) is 27.7 Å². The molecule has 26 heavy (non-hydrogen) atoms. The van der Waals surface area contributed by atoms with Gasteiger partial charge in [-0.2, -0.15) is 0 Å². The molecule has 0 amide bonds. The molecule has 0 aromatic rings. The van der Waals surface area contributed by atoms with Crippen molar-refractivity contribution in [3.05, 3.63) is 0 Å². The van der Waals surface area contributed by atoms with E-state index in [9.17, 15) is 0 Å². The van der Waals surface area contributed by atoms with Crippen LogP contribution < -0.4 is 0 Å². The fourth-order valence-electron chi connectivity index (χ4n) is 5.52. The Balaban J connectivity index is 1.49. The molecule has 146 valence electrons. The molecule has 0 saturated heterocycles. The van der Waals surface area contributed by atoms with E-state index >= 15 is 0 Å². The minimum Gasteiger partial charge on any atom is -0.478 e. The lowest BCUT2D eigenvalue weighted by Gasteiger charge is -2.29. The van der Waals surface area contributed by atoms with E-state index in [1.165, 1.54) is 38.5 Å². The summed E-state index contributed by atoms with van der Waals surface area (Å²) in [5, 5.41) is 0. The lowest BCUT2D eigenvalue weighted by Crippen LogP contribution is -2.31. The Bertz CT molecular complexity index is 518. The fraction of sp³-hybridized carbons (Fsp3) is 0.909. The summed E-state index contributed by atoms with van der Waals surface area (Å²) in [7, 11) is 0. The quantitative estimate of drug-likeness (QED) is 0.711. The van der Waals surface area contributed by atoms with E-state index in [0.717, 1.165) is 25.0 Å². The van der Waals surface area contributed by atoms with Crippen molar-refractivity contribution >= 4 is 11.8 Å². The van der Waals surface area contributed by atoms with Crippen LogP contribution in [0.5, 0.6) is 0 Å². The highest BCUT2D eigenvalue weighted by Crippen LogP contribution is 2.48. The van der Waals surface area contributed by atoms with Crippen molar-refractivity contribution in [2.45, 2.75) is 78.3 Å². The summed E-state index contributed by atoms with van der Waals surface area (Å²) < 4.78 is 12.2. The lowest BCUT2D eigenvalue weighted by atomic mass is 9.77. The molecule has 2 aliphatic heterocycles. The van der Waals surface area contributed by atoms with Crippen molar-refractivity contribution < 1.29 is 9.47 Å². The van der Waals surface area contributed by atoms with Crippen LogP contribution in [0.4, 0.5) is 0 Å². The molecule has 2 fully saturated rings. The van der Waals surface area contributed by atoms with Gasteiger partial charge in [-0.1, -0.05) is 40.5 Å². The largest absolute Gasteiger partial charge is 0.478 e. The Hall–Kier alpha value is -1.06. The van der Waals surface area contributed by atoms with Crippen molar-refractivity contribution in [1.29, 1.82) is 0 Å². The monoisotopic (exact) mass is 360 g/mol. The summed E-state index contributed by atoms with van der Waals surface area (Å²) in [4.78, 5) is 9.96. The van der Waals surface area contributed by atoms with Crippen LogP contribution in [0, 0.1) is 35.5 Å². The van der Waals surface area contributed by atoms with Gasteiger partial charge in [0.05, 0.1) is 12.1 Å². The van der Waals surface area contributed by atoms with E-state index in [-0.39, 0.29) is 0 Å². The molecule has 4 rings (SSSR count). The van der Waals surface area contributed by atoms with E-state index in [4.69, 9.17) is 19.5 Å². The first-order valence-electron chi connectivity index (χ1n) is 11.0. The summed E-state index contributed by atoms with van der Waals surface area (Å²) in [6.45, 7) is 10.6. The van der Waals surface area contributed by atoms with Gasteiger partial charge in [0.15, 0.2) is 11.8 Å². The van der Waals surface area contributed by atoms with E-state index in [1.54, 1.807) is 0 Å². The molecular formula is C22H36N2O2. The Morgan fingerprint density at radius 1 is 0.692 bits per heavy atom. The molecule has 2 saturated carbocycles. The van der Waals surface area contributed by atoms with Crippen LogP contribution in [0.2, 0.25) is 0 Å². The van der Waals surface area contributed by atoms with Crippen LogP contribution in [0.25, 0.3) is 0 Å². The van der Waals surface area contributed by atoms with Gasteiger partial charge in [-0.15, -0.1) is 0 Å². The standard InChI is InChI=1S/C22H36N2O2/c1-13(2)19-11-25-21(23-19)17-9-5-7-15(17)16-8-6-10-18(16)22-24-20(12-26-22)14(3)4/h13-20H,5-12H2,1-4H3/t15?,16?,17?,18?,19-,20-/m1/s1. The van der Waals surface area contributed by atoms with Gasteiger partial charge in [-0.3, -0.25) is 0 Å². The van der Waals surface area contributed by atoms with Gasteiger partial charge in [0.25, 0.3) is 0 Å². The number of ether oxygens (including phenoxy) is 2. The van der Waals surface area contributed by atoms with Crippen molar-refractivity contribution in [2.24, 2.45) is 45.5 Å². The van der Waals surface area contributed by atoms with Crippen molar-refractivity contribution in [2.75, 3.05) is 13.2 Å². The van der Waals surface area contributed by atoms with Crippen LogP contribution in [-0.4, -0.2) is 37.1 Å². The first kappa shape index (κ1) is 18.3. The summed E-state index contributed by atoms with van der Waals surface area (Å²) in [6, 6.07) is 0.722. The Labute approximate surface area is 158 Å². The molecule has 4 unspecified atom stereocenters. The second kappa shape index (κ2) is 7.52. The smallest absolute Gasteiger partial charge is 0.187 e.